The van der Waals surface area contributed by atoms with Crippen molar-refractivity contribution in [2.45, 2.75) is 75.4 Å². The summed E-state index contributed by atoms with van der Waals surface area (Å²) < 4.78 is 52.0. The summed E-state index contributed by atoms with van der Waals surface area (Å²) in [5, 5.41) is 7.59. The minimum absolute atomic E-state index is 0.0466. The molecular weight excluding hydrogens is 371 g/mol. The molecule has 5 nitrogen and oxygen atoms in total. The van der Waals surface area contributed by atoms with Crippen LogP contribution in [0.5, 0.6) is 0 Å². The molecule has 0 spiro atoms. The first kappa shape index (κ1) is 18.1. The monoisotopic (exact) mass is 393 g/mol. The van der Waals surface area contributed by atoms with E-state index in [1.807, 2.05) is 0 Å². The summed E-state index contributed by atoms with van der Waals surface area (Å²) in [7, 11) is 0. The van der Waals surface area contributed by atoms with Gasteiger partial charge >= 0.3 is 6.18 Å². The largest absolute Gasteiger partial charge is 0.434 e. The van der Waals surface area contributed by atoms with Gasteiger partial charge in [-0.15, -0.1) is 0 Å². The Balaban J connectivity index is 1.44. The lowest BCUT2D eigenvalue weighted by molar-refractivity contribution is -0.140. The van der Waals surface area contributed by atoms with Gasteiger partial charge in [0, 0.05) is 35.3 Å². The molecule has 2 saturated heterocycles. The number of hydrogen-bond acceptors (Lipinski definition) is 5. The van der Waals surface area contributed by atoms with Crippen LogP contribution >= 0.6 is 0 Å². The van der Waals surface area contributed by atoms with E-state index >= 15 is 0 Å². The number of nitrogens with zero attached hydrogens (tertiary/aromatic N) is 2. The van der Waals surface area contributed by atoms with Gasteiger partial charge in [0.15, 0.2) is 5.69 Å². The number of rotatable bonds is 5. The van der Waals surface area contributed by atoms with Crippen LogP contribution in [-0.2, 0) is 17.5 Å². The van der Waals surface area contributed by atoms with E-state index in [0.29, 0.717) is 23.4 Å². The maximum Gasteiger partial charge on any atom is 0.434 e. The quantitative estimate of drug-likeness (QED) is 0.814. The van der Waals surface area contributed by atoms with Crippen LogP contribution in [0.4, 0.5) is 13.2 Å². The molecular formula is C20H22F3N3O2. The van der Waals surface area contributed by atoms with Gasteiger partial charge in [-0.1, -0.05) is 5.16 Å². The molecule has 0 amide bonds. The van der Waals surface area contributed by atoms with Crippen molar-refractivity contribution in [3.63, 3.8) is 0 Å². The van der Waals surface area contributed by atoms with Crippen molar-refractivity contribution in [2.75, 3.05) is 0 Å². The van der Waals surface area contributed by atoms with E-state index in [4.69, 9.17) is 9.26 Å². The smallest absolute Gasteiger partial charge is 0.373 e. The molecule has 2 aliphatic heterocycles. The zero-order valence-electron chi connectivity index (χ0n) is 15.3. The van der Waals surface area contributed by atoms with Gasteiger partial charge in [0.25, 0.3) is 0 Å². The van der Waals surface area contributed by atoms with Crippen LogP contribution in [0.25, 0.3) is 11.3 Å². The molecule has 2 unspecified atom stereocenters. The first-order chi connectivity index (χ1) is 13.5. The summed E-state index contributed by atoms with van der Waals surface area (Å²) in [4.78, 5) is 3.56. The third kappa shape index (κ3) is 3.43. The van der Waals surface area contributed by atoms with Crippen LogP contribution in [0.3, 0.4) is 0 Å². The summed E-state index contributed by atoms with van der Waals surface area (Å²) in [6.45, 7) is 0.223. The molecule has 0 aromatic carbocycles. The van der Waals surface area contributed by atoms with Crippen LogP contribution in [0.1, 0.15) is 61.5 Å². The summed E-state index contributed by atoms with van der Waals surface area (Å²) in [5.41, 5.74) is -0.132. The lowest BCUT2D eigenvalue weighted by atomic mass is 10.0. The molecule has 1 aliphatic carbocycles. The molecule has 0 radical (unpaired) electrons. The van der Waals surface area contributed by atoms with Crippen molar-refractivity contribution in [3.8, 4) is 11.3 Å². The number of halogens is 3. The highest BCUT2D eigenvalue weighted by molar-refractivity contribution is 5.66. The molecule has 2 aromatic heterocycles. The van der Waals surface area contributed by atoms with Crippen molar-refractivity contribution in [3.05, 3.63) is 35.3 Å². The Bertz CT molecular complexity index is 851. The minimum Gasteiger partial charge on any atom is -0.373 e. The first-order valence-electron chi connectivity index (χ1n) is 9.87. The number of fused-ring (bicyclic) bond motifs is 2. The highest BCUT2D eigenvalue weighted by Gasteiger charge is 2.39. The Hall–Kier alpha value is -1.93. The average molecular weight is 393 g/mol. The van der Waals surface area contributed by atoms with Crippen molar-refractivity contribution in [1.29, 1.82) is 0 Å². The Morgan fingerprint density at radius 1 is 1.14 bits per heavy atom. The fraction of sp³-hybridized carbons (Fsp3) is 0.600. The molecule has 1 N–H and O–H groups in total. The second-order valence-corrected chi connectivity index (χ2v) is 8.09. The number of aromatic nitrogens is 2. The van der Waals surface area contributed by atoms with Gasteiger partial charge < -0.3 is 14.6 Å². The van der Waals surface area contributed by atoms with Crippen LogP contribution in [0.15, 0.2) is 22.9 Å². The van der Waals surface area contributed by atoms with E-state index in [1.165, 1.54) is 25.0 Å². The fourth-order valence-corrected chi connectivity index (χ4v) is 4.50. The number of pyridine rings is 1. The number of nitrogens with one attached hydrogen (secondary N) is 1. The van der Waals surface area contributed by atoms with Crippen molar-refractivity contribution < 1.29 is 22.4 Å². The van der Waals surface area contributed by atoms with E-state index in [9.17, 15) is 13.2 Å². The van der Waals surface area contributed by atoms with Crippen molar-refractivity contribution in [1.82, 2.24) is 15.5 Å². The Labute approximate surface area is 160 Å². The molecule has 4 heterocycles. The number of hydrogen-bond donors (Lipinski definition) is 1. The molecule has 3 fully saturated rings. The van der Waals surface area contributed by atoms with Crippen LogP contribution in [0.2, 0.25) is 0 Å². The number of alkyl halides is 3. The zero-order chi connectivity index (χ0) is 19.3. The summed E-state index contributed by atoms with van der Waals surface area (Å²) in [6.07, 6.45) is 2.87. The van der Waals surface area contributed by atoms with Gasteiger partial charge in [-0.25, -0.2) is 0 Å². The Morgan fingerprint density at radius 3 is 2.57 bits per heavy atom. The van der Waals surface area contributed by atoms with Gasteiger partial charge in [0.2, 0.25) is 0 Å². The van der Waals surface area contributed by atoms with E-state index in [0.717, 1.165) is 31.9 Å². The van der Waals surface area contributed by atoms with Crippen molar-refractivity contribution in [2.24, 2.45) is 0 Å². The lowest BCUT2D eigenvalue weighted by Crippen LogP contribution is -2.41. The number of ether oxygens (including phenoxy) is 1. The maximum atomic E-state index is 13.5. The molecule has 3 atom stereocenters. The third-order valence-corrected chi connectivity index (χ3v) is 5.99. The maximum absolute atomic E-state index is 13.5. The summed E-state index contributed by atoms with van der Waals surface area (Å²) in [6, 6.07) is 3.87. The Morgan fingerprint density at radius 2 is 1.89 bits per heavy atom. The van der Waals surface area contributed by atoms with Gasteiger partial charge in [-0.2, -0.15) is 13.2 Å². The van der Waals surface area contributed by atoms with Crippen LogP contribution in [0, 0.1) is 0 Å². The summed E-state index contributed by atoms with van der Waals surface area (Å²) >= 11 is 0. The molecule has 2 bridgehead atoms. The highest BCUT2D eigenvalue weighted by Crippen LogP contribution is 2.45. The second-order valence-electron chi connectivity index (χ2n) is 8.09. The minimum atomic E-state index is -4.55. The van der Waals surface area contributed by atoms with Gasteiger partial charge in [-0.3, -0.25) is 4.98 Å². The number of piperidine rings is 1. The SMILES string of the molecule is FC(F)(F)c1ncccc1-c1noc(C2CC2)c1COC1CC2CC[C@@H](C1)N2. The first-order valence-corrected chi connectivity index (χ1v) is 9.87. The lowest BCUT2D eigenvalue weighted by Gasteiger charge is -2.29. The van der Waals surface area contributed by atoms with E-state index in [2.05, 4.69) is 15.5 Å². The molecule has 3 aliphatic rings. The zero-order valence-corrected chi connectivity index (χ0v) is 15.3. The fourth-order valence-electron chi connectivity index (χ4n) is 4.50. The molecule has 150 valence electrons. The molecule has 8 heteroatoms. The average Bonchev–Trinajstić information content (AvgIpc) is 3.34. The van der Waals surface area contributed by atoms with Gasteiger partial charge in [-0.05, 0) is 50.7 Å². The molecule has 28 heavy (non-hydrogen) atoms. The van der Waals surface area contributed by atoms with Gasteiger partial charge in [0.05, 0.1) is 12.7 Å². The standard InChI is InChI=1S/C20H22F3N3O2/c21-20(22,23)19-15(2-1-7-24-19)17-16(18(28-26-17)11-3-4-11)10-27-14-8-12-5-6-13(9-14)25-12/h1-2,7,11-14,25H,3-6,8-10H2/t12-,13?,14?/m0/s1. The van der Waals surface area contributed by atoms with Crippen LogP contribution < -0.4 is 5.32 Å². The normalized spacial score (nSPS) is 27.3. The topological polar surface area (TPSA) is 60.2 Å². The second kappa shape index (κ2) is 6.84. The highest BCUT2D eigenvalue weighted by atomic mass is 19.4. The molecule has 2 aromatic rings. The third-order valence-electron chi connectivity index (χ3n) is 5.99. The van der Waals surface area contributed by atoms with Gasteiger partial charge in [0.1, 0.15) is 11.5 Å². The van der Waals surface area contributed by atoms with Crippen LogP contribution in [-0.4, -0.2) is 28.3 Å². The molecule has 5 rings (SSSR count). The van der Waals surface area contributed by atoms with E-state index in [1.54, 1.807) is 0 Å². The molecule has 1 saturated carbocycles. The van der Waals surface area contributed by atoms with Crippen molar-refractivity contribution >= 4 is 0 Å². The Kier molecular flexibility index (Phi) is 4.43. The van der Waals surface area contributed by atoms with E-state index < -0.39 is 11.9 Å². The van der Waals surface area contributed by atoms with E-state index in [-0.39, 0.29) is 29.9 Å². The predicted molar refractivity (Wildman–Crippen MR) is 94.5 cm³/mol. The summed E-state index contributed by atoms with van der Waals surface area (Å²) in [5.74, 6) is 0.902. The predicted octanol–water partition coefficient (Wildman–Crippen LogP) is 4.43.